The van der Waals surface area contributed by atoms with Gasteiger partial charge in [-0.2, -0.15) is 0 Å². The van der Waals surface area contributed by atoms with Crippen molar-refractivity contribution in [1.82, 2.24) is 19.4 Å². The van der Waals surface area contributed by atoms with Crippen LogP contribution in [-0.2, 0) is 0 Å². The molecule has 2 N–H and O–H groups in total. The minimum Gasteiger partial charge on any atom is -0.465 e. The van der Waals surface area contributed by atoms with Crippen molar-refractivity contribution in [2.75, 3.05) is 44.2 Å². The van der Waals surface area contributed by atoms with E-state index in [4.69, 9.17) is 4.98 Å². The van der Waals surface area contributed by atoms with E-state index in [1.807, 2.05) is 0 Å². The second-order valence-electron chi connectivity index (χ2n) is 12.3. The minimum absolute atomic E-state index is 0.116. The molecule has 1 aliphatic carbocycles. The first-order chi connectivity index (χ1) is 18.0. The fourth-order valence-corrected chi connectivity index (χ4v) is 8.02. The SMILES string of the molecule is CC1(N2CCC(n3c(N4CC5CN(C(=O)O)C(CO)C5C4)nc4ccccc43)CC2)CCCCCCC1. The van der Waals surface area contributed by atoms with Crippen LogP contribution in [0.15, 0.2) is 24.3 Å². The van der Waals surface area contributed by atoms with Gasteiger partial charge in [-0.15, -0.1) is 0 Å². The number of amides is 1. The molecule has 1 aromatic heterocycles. The van der Waals surface area contributed by atoms with E-state index in [1.165, 1.54) is 55.4 Å². The monoisotopic (exact) mass is 509 g/mol. The molecule has 37 heavy (non-hydrogen) atoms. The zero-order valence-electron chi connectivity index (χ0n) is 22.3. The number of aliphatic hydroxyl groups is 1. The number of aliphatic hydroxyl groups excluding tert-OH is 1. The largest absolute Gasteiger partial charge is 0.465 e. The average Bonchev–Trinajstić information content (AvgIpc) is 3.57. The molecule has 1 saturated carbocycles. The van der Waals surface area contributed by atoms with Crippen LogP contribution in [0.5, 0.6) is 0 Å². The van der Waals surface area contributed by atoms with Crippen LogP contribution in [-0.4, -0.2) is 86.6 Å². The fraction of sp³-hybridized carbons (Fsp3) is 0.724. The smallest absolute Gasteiger partial charge is 0.407 e. The highest BCUT2D eigenvalue weighted by Gasteiger charge is 2.49. The molecule has 0 bridgehead atoms. The van der Waals surface area contributed by atoms with Gasteiger partial charge in [0.05, 0.1) is 23.7 Å². The van der Waals surface area contributed by atoms with Crippen LogP contribution in [0.25, 0.3) is 11.0 Å². The number of benzene rings is 1. The molecular weight excluding hydrogens is 466 g/mol. The second kappa shape index (κ2) is 10.1. The van der Waals surface area contributed by atoms with Gasteiger partial charge >= 0.3 is 6.09 Å². The van der Waals surface area contributed by atoms with Gasteiger partial charge in [-0.25, -0.2) is 9.78 Å². The summed E-state index contributed by atoms with van der Waals surface area (Å²) in [7, 11) is 0. The number of carboxylic acid groups (broad SMARTS) is 1. The van der Waals surface area contributed by atoms with Crippen molar-refractivity contribution in [2.45, 2.75) is 82.3 Å². The van der Waals surface area contributed by atoms with E-state index in [0.717, 1.165) is 50.5 Å². The molecule has 3 saturated heterocycles. The Morgan fingerprint density at radius 2 is 1.73 bits per heavy atom. The number of likely N-dealkylation sites (tertiary alicyclic amines) is 2. The molecule has 3 unspecified atom stereocenters. The Kier molecular flexibility index (Phi) is 6.82. The number of hydrogen-bond donors (Lipinski definition) is 2. The number of carbonyl (C=O) groups is 1. The van der Waals surface area contributed by atoms with E-state index in [9.17, 15) is 15.0 Å². The second-order valence-corrected chi connectivity index (χ2v) is 12.3. The van der Waals surface area contributed by atoms with Crippen molar-refractivity contribution in [3.05, 3.63) is 24.3 Å². The molecule has 4 heterocycles. The maximum absolute atomic E-state index is 11.7. The normalized spacial score (nSPS) is 29.4. The maximum atomic E-state index is 11.7. The Bertz CT molecular complexity index is 1100. The van der Waals surface area contributed by atoms with Gasteiger partial charge < -0.3 is 24.6 Å². The van der Waals surface area contributed by atoms with Gasteiger partial charge in [0.25, 0.3) is 0 Å². The molecule has 4 fully saturated rings. The molecule has 3 aliphatic heterocycles. The third-order valence-corrected chi connectivity index (χ3v) is 10.1. The lowest BCUT2D eigenvalue weighted by molar-refractivity contribution is 0.0443. The molecule has 0 spiro atoms. The van der Waals surface area contributed by atoms with Crippen molar-refractivity contribution in [2.24, 2.45) is 11.8 Å². The van der Waals surface area contributed by atoms with E-state index in [-0.39, 0.29) is 24.5 Å². The predicted molar refractivity (Wildman–Crippen MR) is 145 cm³/mol. The first kappa shape index (κ1) is 25.0. The number of nitrogens with zero attached hydrogens (tertiary/aromatic N) is 5. The van der Waals surface area contributed by atoms with Crippen molar-refractivity contribution >= 4 is 23.1 Å². The Morgan fingerprint density at radius 1 is 1.03 bits per heavy atom. The summed E-state index contributed by atoms with van der Waals surface area (Å²) in [4.78, 5) is 23.5. The van der Waals surface area contributed by atoms with Crippen LogP contribution in [0.3, 0.4) is 0 Å². The fourth-order valence-electron chi connectivity index (χ4n) is 8.02. The highest BCUT2D eigenvalue weighted by atomic mass is 16.4. The lowest BCUT2D eigenvalue weighted by atomic mass is 9.82. The number of piperidine rings is 1. The standard InChI is InChI=1S/C29H43N5O3/c1-29(13-7-3-2-4-8-14-29)32-15-11-22(12-16-32)34-25-10-6-5-9-24(25)30-27(34)31-17-21-18-33(28(36)37)26(20-35)23(21)19-31/h5-6,9-10,21-23,26,35H,2-4,7-8,11-20H2,1H3,(H,36,37). The van der Waals surface area contributed by atoms with Gasteiger partial charge in [-0.1, -0.05) is 44.2 Å². The third kappa shape index (κ3) is 4.50. The number of fused-ring (bicyclic) bond motifs is 2. The number of hydrogen-bond acceptors (Lipinski definition) is 5. The van der Waals surface area contributed by atoms with Crippen molar-refractivity contribution < 1.29 is 15.0 Å². The maximum Gasteiger partial charge on any atom is 0.407 e. The Labute approximate surface area is 220 Å². The van der Waals surface area contributed by atoms with Crippen LogP contribution in [0.2, 0.25) is 0 Å². The quantitative estimate of drug-likeness (QED) is 0.628. The van der Waals surface area contributed by atoms with Gasteiger partial charge in [0, 0.05) is 56.1 Å². The van der Waals surface area contributed by atoms with Crippen LogP contribution in [0.4, 0.5) is 10.7 Å². The van der Waals surface area contributed by atoms with Crippen LogP contribution >= 0.6 is 0 Å². The topological polar surface area (TPSA) is 85.1 Å². The van der Waals surface area contributed by atoms with E-state index in [2.05, 4.69) is 45.6 Å². The van der Waals surface area contributed by atoms with Crippen LogP contribution in [0, 0.1) is 11.8 Å². The lowest BCUT2D eigenvalue weighted by Gasteiger charge is -2.46. The highest BCUT2D eigenvalue weighted by Crippen LogP contribution is 2.42. The van der Waals surface area contributed by atoms with Crippen LogP contribution in [0.1, 0.15) is 70.8 Å². The summed E-state index contributed by atoms with van der Waals surface area (Å²) in [5.74, 6) is 1.42. The summed E-state index contributed by atoms with van der Waals surface area (Å²) < 4.78 is 2.50. The molecule has 0 radical (unpaired) electrons. The minimum atomic E-state index is -0.919. The van der Waals surface area contributed by atoms with Crippen molar-refractivity contribution in [1.29, 1.82) is 0 Å². The zero-order chi connectivity index (χ0) is 25.6. The van der Waals surface area contributed by atoms with E-state index < -0.39 is 6.09 Å². The predicted octanol–water partition coefficient (Wildman–Crippen LogP) is 4.58. The summed E-state index contributed by atoms with van der Waals surface area (Å²) >= 11 is 0. The summed E-state index contributed by atoms with van der Waals surface area (Å²) in [5.41, 5.74) is 2.58. The van der Waals surface area contributed by atoms with Crippen LogP contribution < -0.4 is 4.90 Å². The first-order valence-electron chi connectivity index (χ1n) is 14.6. The molecule has 3 atom stereocenters. The third-order valence-electron chi connectivity index (χ3n) is 10.1. The number of aromatic nitrogens is 2. The van der Waals surface area contributed by atoms with Gasteiger partial charge in [-0.3, -0.25) is 4.90 Å². The van der Waals surface area contributed by atoms with Crippen molar-refractivity contribution in [3.63, 3.8) is 0 Å². The number of imidazole rings is 1. The van der Waals surface area contributed by atoms with Crippen molar-refractivity contribution in [3.8, 4) is 0 Å². The molecule has 1 aromatic carbocycles. The number of rotatable bonds is 4. The van der Waals surface area contributed by atoms with Gasteiger partial charge in [0.15, 0.2) is 0 Å². The molecule has 2 aromatic rings. The van der Waals surface area contributed by atoms with E-state index >= 15 is 0 Å². The summed E-state index contributed by atoms with van der Waals surface area (Å²) in [6.07, 6.45) is 10.9. The number of para-hydroxylation sites is 2. The van der Waals surface area contributed by atoms with E-state index in [1.54, 1.807) is 0 Å². The average molecular weight is 510 g/mol. The Morgan fingerprint density at radius 3 is 2.43 bits per heavy atom. The molecular formula is C29H43N5O3. The van der Waals surface area contributed by atoms with Gasteiger partial charge in [0.2, 0.25) is 5.95 Å². The highest BCUT2D eigenvalue weighted by molar-refractivity contribution is 5.79. The lowest BCUT2D eigenvalue weighted by Crippen LogP contribution is -2.50. The summed E-state index contributed by atoms with van der Waals surface area (Å²) in [5, 5.41) is 19.6. The molecule has 202 valence electrons. The zero-order valence-corrected chi connectivity index (χ0v) is 22.3. The summed E-state index contributed by atoms with van der Waals surface area (Å²) in [6.45, 7) is 6.72. The Balaban J connectivity index is 1.23. The molecule has 6 rings (SSSR count). The van der Waals surface area contributed by atoms with Gasteiger partial charge in [-0.05, 0) is 44.7 Å². The molecule has 8 nitrogen and oxygen atoms in total. The van der Waals surface area contributed by atoms with E-state index in [0.29, 0.717) is 18.1 Å². The molecule has 4 aliphatic rings. The summed E-state index contributed by atoms with van der Waals surface area (Å²) in [6, 6.07) is 8.58. The number of anilines is 1. The first-order valence-corrected chi connectivity index (χ1v) is 14.6. The molecule has 8 heteroatoms. The Hall–Kier alpha value is -2.32. The molecule has 1 amide bonds. The van der Waals surface area contributed by atoms with Gasteiger partial charge in [0.1, 0.15) is 0 Å².